The summed E-state index contributed by atoms with van der Waals surface area (Å²) in [6.45, 7) is 17.0. The molecule has 0 aliphatic rings. The molecule has 0 aromatic heterocycles. The minimum absolute atomic E-state index is 0. The van der Waals surface area contributed by atoms with E-state index in [0.717, 1.165) is 19.3 Å². The Morgan fingerprint density at radius 2 is 0.500 bits per heavy atom. The maximum atomic E-state index is 8.36. The summed E-state index contributed by atoms with van der Waals surface area (Å²) < 4.78 is 0. The largest absolute Gasteiger partial charge is 0.397 e. The summed E-state index contributed by atoms with van der Waals surface area (Å²) >= 11 is 0. The van der Waals surface area contributed by atoms with Gasteiger partial charge in [-0.15, -0.1) is 0 Å². The van der Waals surface area contributed by atoms with Crippen molar-refractivity contribution in [3.05, 3.63) is 0 Å². The standard InChI is InChI=1S/3C4H10O.3C2H6O.2Ti/c3*1-3-4(2)5;3*1-2-3;;/h3*4-5H,3H2,1-2H3;3*3H,2H2,1H3;;. The van der Waals surface area contributed by atoms with Crippen LogP contribution in [0.5, 0.6) is 0 Å². The van der Waals surface area contributed by atoms with Crippen LogP contribution in [0.4, 0.5) is 0 Å². The molecule has 0 fully saturated rings. The van der Waals surface area contributed by atoms with Crippen LogP contribution >= 0.6 is 0 Å². The molecule has 0 aliphatic heterocycles. The van der Waals surface area contributed by atoms with E-state index in [4.69, 9.17) is 30.6 Å². The number of hydrogen-bond acceptors (Lipinski definition) is 6. The topological polar surface area (TPSA) is 121 Å². The molecule has 0 rings (SSSR count). The fourth-order valence-corrected chi connectivity index (χ4v) is 0. The zero-order valence-corrected chi connectivity index (χ0v) is 21.8. The first-order valence-corrected chi connectivity index (χ1v) is 8.92. The SMILES string of the molecule is CCC(C)O.CCC(C)O.CCC(C)O.CCO.CCO.CCO.[Ti].[Ti]. The van der Waals surface area contributed by atoms with Crippen molar-refractivity contribution in [1.29, 1.82) is 0 Å². The van der Waals surface area contributed by atoms with E-state index in [0.29, 0.717) is 0 Å². The molecule has 6 nitrogen and oxygen atoms in total. The first-order valence-electron chi connectivity index (χ1n) is 8.92. The van der Waals surface area contributed by atoms with Gasteiger partial charge in [0.1, 0.15) is 0 Å². The summed E-state index contributed by atoms with van der Waals surface area (Å²) in [6, 6.07) is 0. The van der Waals surface area contributed by atoms with E-state index < -0.39 is 0 Å². The van der Waals surface area contributed by atoms with E-state index >= 15 is 0 Å². The molecule has 0 heterocycles. The maximum absolute atomic E-state index is 8.36. The maximum Gasteiger partial charge on any atom is 0.0509 e. The van der Waals surface area contributed by atoms with E-state index in [-0.39, 0.29) is 81.6 Å². The van der Waals surface area contributed by atoms with Crippen LogP contribution in [0.3, 0.4) is 0 Å². The molecule has 0 spiro atoms. The molecule has 0 amide bonds. The van der Waals surface area contributed by atoms with Gasteiger partial charge in [0.25, 0.3) is 0 Å². The zero-order chi connectivity index (χ0) is 21.0. The van der Waals surface area contributed by atoms with Gasteiger partial charge in [0.15, 0.2) is 0 Å². The van der Waals surface area contributed by atoms with Crippen molar-refractivity contribution in [3.8, 4) is 0 Å². The summed E-state index contributed by atoms with van der Waals surface area (Å²) in [5.41, 5.74) is 0. The summed E-state index contributed by atoms with van der Waals surface area (Å²) in [7, 11) is 0. The van der Waals surface area contributed by atoms with Crippen LogP contribution in [0.2, 0.25) is 0 Å². The van der Waals surface area contributed by atoms with E-state index in [1.807, 2.05) is 20.8 Å². The third-order valence-electron chi connectivity index (χ3n) is 1.77. The van der Waals surface area contributed by atoms with Crippen LogP contribution in [-0.2, 0) is 43.4 Å². The van der Waals surface area contributed by atoms with Crippen LogP contribution in [0, 0.1) is 0 Å². The Labute approximate surface area is 193 Å². The Kier molecular flexibility index (Phi) is 123. The Bertz CT molecular complexity index is 117. The predicted molar refractivity (Wildman–Crippen MR) is 104 cm³/mol. The van der Waals surface area contributed by atoms with Crippen LogP contribution in [0.1, 0.15) is 81.6 Å². The van der Waals surface area contributed by atoms with Gasteiger partial charge in [-0.2, -0.15) is 0 Å². The van der Waals surface area contributed by atoms with Crippen molar-refractivity contribution in [2.75, 3.05) is 19.8 Å². The van der Waals surface area contributed by atoms with Crippen LogP contribution in [0.25, 0.3) is 0 Å². The fraction of sp³-hybridized carbons (Fsp3) is 1.00. The van der Waals surface area contributed by atoms with Gasteiger partial charge in [0.05, 0.1) is 18.3 Å². The first kappa shape index (κ1) is 50.6. The first-order chi connectivity index (χ1) is 11.1. The summed E-state index contributed by atoms with van der Waals surface area (Å²) in [5.74, 6) is 0. The van der Waals surface area contributed by atoms with Crippen molar-refractivity contribution in [2.45, 2.75) is 99.9 Å². The van der Waals surface area contributed by atoms with Crippen LogP contribution < -0.4 is 0 Å². The van der Waals surface area contributed by atoms with Crippen molar-refractivity contribution in [1.82, 2.24) is 0 Å². The smallest absolute Gasteiger partial charge is 0.0509 e. The van der Waals surface area contributed by atoms with Gasteiger partial charge in [-0.3, -0.25) is 0 Å². The van der Waals surface area contributed by atoms with Gasteiger partial charge in [0, 0.05) is 63.3 Å². The number of aliphatic hydroxyl groups is 6. The molecule has 3 unspecified atom stereocenters. The molecule has 3 atom stereocenters. The third kappa shape index (κ3) is 285. The Balaban J connectivity index is -0.0000000250. The second kappa shape index (κ2) is 63.4. The van der Waals surface area contributed by atoms with E-state index in [1.54, 1.807) is 41.5 Å². The third-order valence-corrected chi connectivity index (χ3v) is 1.77. The monoisotopic (exact) mass is 456 g/mol. The van der Waals surface area contributed by atoms with Crippen LogP contribution in [-0.4, -0.2) is 68.8 Å². The molecule has 8 heteroatoms. The van der Waals surface area contributed by atoms with E-state index in [1.165, 1.54) is 0 Å². The minimum atomic E-state index is -0.116. The number of rotatable bonds is 3. The normalized spacial score (nSPS) is 10.7. The molecule has 0 aliphatic carbocycles. The average Bonchev–Trinajstić information content (AvgIpc) is 2.50. The van der Waals surface area contributed by atoms with Crippen LogP contribution in [0.15, 0.2) is 0 Å². The van der Waals surface area contributed by atoms with Gasteiger partial charge < -0.3 is 30.6 Å². The molecule has 0 bridgehead atoms. The molecule has 6 N–H and O–H groups in total. The molecule has 0 saturated carbocycles. The van der Waals surface area contributed by atoms with E-state index in [9.17, 15) is 0 Å². The Hall–Kier alpha value is 1.19. The molecule has 0 radical (unpaired) electrons. The predicted octanol–water partition coefficient (Wildman–Crippen LogP) is 2.32. The molecule has 164 valence electrons. The van der Waals surface area contributed by atoms with Gasteiger partial charge in [-0.05, 0) is 60.8 Å². The second-order valence-electron chi connectivity index (χ2n) is 4.72. The summed E-state index contributed by atoms with van der Waals surface area (Å²) in [6.07, 6.45) is 2.24. The second-order valence-corrected chi connectivity index (χ2v) is 4.72. The zero-order valence-electron chi connectivity index (χ0n) is 18.7. The van der Waals surface area contributed by atoms with Crippen molar-refractivity contribution < 1.29 is 74.1 Å². The Morgan fingerprint density at radius 3 is 0.500 bits per heavy atom. The van der Waals surface area contributed by atoms with Gasteiger partial charge in [-0.1, -0.05) is 20.8 Å². The summed E-state index contributed by atoms with van der Waals surface area (Å²) in [5, 5.41) is 47.8. The number of aliphatic hydroxyl groups excluding tert-OH is 6. The molecule has 0 saturated heterocycles. The fourth-order valence-electron chi connectivity index (χ4n) is 0. The van der Waals surface area contributed by atoms with Gasteiger partial charge in [-0.25, -0.2) is 0 Å². The number of hydrogen-bond donors (Lipinski definition) is 6. The summed E-state index contributed by atoms with van der Waals surface area (Å²) in [4.78, 5) is 0. The quantitative estimate of drug-likeness (QED) is 0.363. The molecule has 26 heavy (non-hydrogen) atoms. The van der Waals surface area contributed by atoms with Crippen molar-refractivity contribution in [3.63, 3.8) is 0 Å². The van der Waals surface area contributed by atoms with E-state index in [2.05, 4.69) is 0 Å². The molecular formula is C18H48O6Ti2. The molecular weight excluding hydrogens is 408 g/mol. The van der Waals surface area contributed by atoms with Gasteiger partial charge in [0.2, 0.25) is 0 Å². The van der Waals surface area contributed by atoms with Crippen molar-refractivity contribution in [2.24, 2.45) is 0 Å². The van der Waals surface area contributed by atoms with Crippen molar-refractivity contribution >= 4 is 0 Å². The molecule has 0 aromatic carbocycles. The minimum Gasteiger partial charge on any atom is -0.397 e. The average molecular weight is 456 g/mol. The molecule has 0 aromatic rings. The van der Waals surface area contributed by atoms with Gasteiger partial charge >= 0.3 is 0 Å². The Morgan fingerprint density at radius 1 is 0.462 bits per heavy atom.